The third-order valence-electron chi connectivity index (χ3n) is 6.25. The van der Waals surface area contributed by atoms with E-state index in [0.29, 0.717) is 24.5 Å². The largest absolute Gasteiger partial charge is 0.489 e. The quantitative estimate of drug-likeness (QED) is 0.225. The summed E-state index contributed by atoms with van der Waals surface area (Å²) in [4.78, 5) is 0. The molecule has 0 aliphatic rings. The molecule has 0 saturated carbocycles. The standard InChI is InChI=1S/C29H27N5O3S2/c1-4-5-22(15-29-30-33-34-31-29)21-8-11-24(12-9-21)37-17-20-7-13-28-26(14-20)27(18-38-28)25-16-23(10-6-19(25)2)32-39(3,35)36/h6-14,16,18,22,32H,15,17H2,1-3H3,(H,30,31,33,34). The monoisotopic (exact) mass is 557 g/mol. The summed E-state index contributed by atoms with van der Waals surface area (Å²) in [7, 11) is -3.36. The molecule has 5 rings (SSSR count). The number of aromatic nitrogens is 4. The van der Waals surface area contributed by atoms with Gasteiger partial charge in [0.2, 0.25) is 10.0 Å². The molecule has 8 nitrogen and oxygen atoms in total. The maximum atomic E-state index is 11.7. The number of sulfonamides is 1. The number of nitrogens with one attached hydrogen (secondary N) is 2. The number of hydrogen-bond acceptors (Lipinski definition) is 7. The lowest BCUT2D eigenvalue weighted by atomic mass is 9.96. The predicted molar refractivity (Wildman–Crippen MR) is 155 cm³/mol. The molecule has 39 heavy (non-hydrogen) atoms. The molecule has 3 aromatic carbocycles. The number of ether oxygens (including phenoxy) is 1. The van der Waals surface area contributed by atoms with E-state index < -0.39 is 10.0 Å². The van der Waals surface area contributed by atoms with Gasteiger partial charge in [-0.15, -0.1) is 27.5 Å². The van der Waals surface area contributed by atoms with Gasteiger partial charge < -0.3 is 4.74 Å². The summed E-state index contributed by atoms with van der Waals surface area (Å²) >= 11 is 1.66. The second-order valence-electron chi connectivity index (χ2n) is 9.22. The van der Waals surface area contributed by atoms with Crippen molar-refractivity contribution in [2.75, 3.05) is 11.0 Å². The maximum Gasteiger partial charge on any atom is 0.229 e. The lowest BCUT2D eigenvalue weighted by Crippen LogP contribution is -2.09. The average molecular weight is 558 g/mol. The molecule has 2 aromatic heterocycles. The Bertz CT molecular complexity index is 1770. The van der Waals surface area contributed by atoms with E-state index in [1.54, 1.807) is 17.4 Å². The first-order valence-electron chi connectivity index (χ1n) is 12.3. The number of anilines is 1. The van der Waals surface area contributed by atoms with Gasteiger partial charge in [0.05, 0.1) is 12.2 Å². The summed E-state index contributed by atoms with van der Waals surface area (Å²) in [6.45, 7) is 4.26. The minimum Gasteiger partial charge on any atom is -0.489 e. The van der Waals surface area contributed by atoms with Crippen LogP contribution in [0.25, 0.3) is 21.2 Å². The van der Waals surface area contributed by atoms with Gasteiger partial charge in [-0.3, -0.25) is 4.72 Å². The van der Waals surface area contributed by atoms with Gasteiger partial charge in [-0.2, -0.15) is 5.21 Å². The zero-order valence-electron chi connectivity index (χ0n) is 21.7. The molecule has 2 heterocycles. The van der Waals surface area contributed by atoms with Gasteiger partial charge >= 0.3 is 0 Å². The SMILES string of the molecule is CC#CC(Cc1nn[nH]n1)c1ccc(OCc2ccc3scc(-c4cc(NS(C)(=O)=O)ccc4C)c3c2)cc1. The van der Waals surface area contributed by atoms with Crippen LogP contribution in [0.1, 0.15) is 35.4 Å². The Kier molecular flexibility index (Phi) is 7.63. The fourth-order valence-electron chi connectivity index (χ4n) is 4.41. The summed E-state index contributed by atoms with van der Waals surface area (Å²) in [6, 6.07) is 19.9. The smallest absolute Gasteiger partial charge is 0.229 e. The highest BCUT2D eigenvalue weighted by atomic mass is 32.2. The van der Waals surface area contributed by atoms with Gasteiger partial charge in [0.1, 0.15) is 12.4 Å². The molecule has 2 N–H and O–H groups in total. The molecule has 1 unspecified atom stereocenters. The van der Waals surface area contributed by atoms with E-state index in [4.69, 9.17) is 4.74 Å². The van der Waals surface area contributed by atoms with E-state index in [1.165, 1.54) is 0 Å². The molecule has 0 aliphatic heterocycles. The van der Waals surface area contributed by atoms with Crippen molar-refractivity contribution in [3.63, 3.8) is 0 Å². The van der Waals surface area contributed by atoms with Crippen molar-refractivity contribution in [3.05, 3.63) is 88.6 Å². The van der Waals surface area contributed by atoms with Crippen molar-refractivity contribution < 1.29 is 13.2 Å². The molecule has 198 valence electrons. The number of thiophene rings is 1. The Morgan fingerprint density at radius 2 is 1.90 bits per heavy atom. The van der Waals surface area contributed by atoms with Gasteiger partial charge in [0, 0.05) is 27.8 Å². The van der Waals surface area contributed by atoms with Gasteiger partial charge in [-0.05, 0) is 77.9 Å². The first-order valence-corrected chi connectivity index (χ1v) is 15.0. The van der Waals surface area contributed by atoms with Gasteiger partial charge in [0.25, 0.3) is 0 Å². The molecule has 5 aromatic rings. The molecule has 0 bridgehead atoms. The Balaban J connectivity index is 1.33. The first-order chi connectivity index (χ1) is 18.8. The van der Waals surface area contributed by atoms with Crippen LogP contribution in [0.15, 0.2) is 66.0 Å². The van der Waals surface area contributed by atoms with Crippen molar-refractivity contribution >= 4 is 37.1 Å². The number of aromatic amines is 1. The Hall–Kier alpha value is -4.20. The molecular formula is C29H27N5O3S2. The number of benzene rings is 3. The van der Waals surface area contributed by atoms with E-state index in [9.17, 15) is 8.42 Å². The van der Waals surface area contributed by atoms with Crippen LogP contribution in [0.2, 0.25) is 0 Å². The van der Waals surface area contributed by atoms with Crippen molar-refractivity contribution in [1.29, 1.82) is 0 Å². The lowest BCUT2D eigenvalue weighted by molar-refractivity contribution is 0.306. The zero-order chi connectivity index (χ0) is 27.4. The lowest BCUT2D eigenvalue weighted by Gasteiger charge is -2.12. The number of fused-ring (bicyclic) bond motifs is 1. The van der Waals surface area contributed by atoms with Crippen LogP contribution in [0, 0.1) is 18.8 Å². The molecule has 0 aliphatic carbocycles. The highest BCUT2D eigenvalue weighted by molar-refractivity contribution is 7.92. The molecule has 0 amide bonds. The predicted octanol–water partition coefficient (Wildman–Crippen LogP) is 5.69. The molecule has 0 radical (unpaired) electrons. The normalized spacial score (nSPS) is 12.1. The fraction of sp³-hybridized carbons (Fsp3) is 0.207. The van der Waals surface area contributed by atoms with Crippen LogP contribution < -0.4 is 9.46 Å². The molecule has 10 heteroatoms. The molecular weight excluding hydrogens is 530 g/mol. The number of hydrogen-bond donors (Lipinski definition) is 2. The van der Waals surface area contributed by atoms with Crippen molar-refractivity contribution in [1.82, 2.24) is 20.6 Å². The van der Waals surface area contributed by atoms with Crippen LogP contribution in [0.5, 0.6) is 5.75 Å². The Morgan fingerprint density at radius 3 is 2.62 bits per heavy atom. The third-order valence-corrected chi connectivity index (χ3v) is 7.82. The van der Waals surface area contributed by atoms with Gasteiger partial charge in [-0.1, -0.05) is 35.4 Å². The van der Waals surface area contributed by atoms with Crippen molar-refractivity contribution in [3.8, 4) is 28.7 Å². The van der Waals surface area contributed by atoms with Crippen molar-refractivity contribution in [2.45, 2.75) is 32.8 Å². The molecule has 1 atom stereocenters. The Labute approximate surface area is 231 Å². The topological polar surface area (TPSA) is 110 Å². The number of nitrogens with zero attached hydrogens (tertiary/aromatic N) is 3. The second-order valence-corrected chi connectivity index (χ2v) is 11.9. The van der Waals surface area contributed by atoms with Crippen LogP contribution >= 0.6 is 11.3 Å². The highest BCUT2D eigenvalue weighted by Gasteiger charge is 2.14. The van der Waals surface area contributed by atoms with Crippen LogP contribution in [0.3, 0.4) is 0 Å². The van der Waals surface area contributed by atoms with Crippen LogP contribution in [-0.4, -0.2) is 35.3 Å². The minimum absolute atomic E-state index is 0.0318. The number of aryl methyl sites for hydroxylation is 1. The second kappa shape index (κ2) is 11.3. The highest BCUT2D eigenvalue weighted by Crippen LogP contribution is 2.37. The van der Waals surface area contributed by atoms with E-state index >= 15 is 0 Å². The average Bonchev–Trinajstić information content (AvgIpc) is 3.58. The van der Waals surface area contributed by atoms with E-state index in [-0.39, 0.29) is 5.92 Å². The number of H-pyrrole nitrogens is 1. The van der Waals surface area contributed by atoms with E-state index in [0.717, 1.165) is 49.9 Å². The molecule has 0 saturated heterocycles. The summed E-state index contributed by atoms with van der Waals surface area (Å²) in [6.07, 6.45) is 1.73. The van der Waals surface area contributed by atoms with E-state index in [1.807, 2.05) is 50.2 Å². The maximum absolute atomic E-state index is 11.7. The first kappa shape index (κ1) is 26.4. The third kappa shape index (κ3) is 6.45. The summed E-state index contributed by atoms with van der Waals surface area (Å²) in [5.74, 6) is 7.57. The van der Waals surface area contributed by atoms with Crippen LogP contribution in [-0.2, 0) is 23.1 Å². The summed E-state index contributed by atoms with van der Waals surface area (Å²) in [5, 5.41) is 17.4. The van der Waals surface area contributed by atoms with Crippen LogP contribution in [0.4, 0.5) is 5.69 Å². The molecule has 0 spiro atoms. The molecule has 0 fully saturated rings. The van der Waals surface area contributed by atoms with E-state index in [2.05, 4.69) is 60.8 Å². The fourth-order valence-corrected chi connectivity index (χ4v) is 5.90. The summed E-state index contributed by atoms with van der Waals surface area (Å²) in [5.41, 5.74) is 5.79. The van der Waals surface area contributed by atoms with Gasteiger partial charge in [0.15, 0.2) is 5.82 Å². The van der Waals surface area contributed by atoms with Crippen molar-refractivity contribution in [2.24, 2.45) is 0 Å². The minimum atomic E-state index is -3.36. The van der Waals surface area contributed by atoms with Gasteiger partial charge in [-0.25, -0.2) is 8.42 Å². The zero-order valence-corrected chi connectivity index (χ0v) is 23.4. The Morgan fingerprint density at radius 1 is 1.08 bits per heavy atom. The summed E-state index contributed by atoms with van der Waals surface area (Å²) < 4.78 is 33.3. The number of tetrazole rings is 1. The number of rotatable bonds is 9.